The largest absolute Gasteiger partial charge is 0.315 e. The summed E-state index contributed by atoms with van der Waals surface area (Å²) in [5.41, 5.74) is 1.76. The fraction of sp³-hybridized carbons (Fsp3) is 0.125. The molecule has 0 aliphatic heterocycles. The van der Waals surface area contributed by atoms with Crippen molar-refractivity contribution in [1.82, 2.24) is 9.55 Å². The van der Waals surface area contributed by atoms with E-state index in [1.54, 1.807) is 22.6 Å². The van der Waals surface area contributed by atoms with Crippen molar-refractivity contribution in [3.05, 3.63) is 89.7 Å². The summed E-state index contributed by atoms with van der Waals surface area (Å²) in [6, 6.07) is 21.3. The SMILES string of the molecule is C=CCn1c(SCC(=O)N(C)c2ccccc2)nc2sc(-c3ccccc3)cc2c1=O. The monoisotopic (exact) mass is 447 g/mol. The molecule has 0 fully saturated rings. The molecule has 0 aliphatic carbocycles. The molecule has 0 radical (unpaired) electrons. The smallest absolute Gasteiger partial charge is 0.263 e. The van der Waals surface area contributed by atoms with E-state index < -0.39 is 0 Å². The molecule has 0 aliphatic rings. The van der Waals surface area contributed by atoms with Gasteiger partial charge in [0.2, 0.25) is 5.91 Å². The van der Waals surface area contributed by atoms with Crippen molar-refractivity contribution in [2.45, 2.75) is 11.7 Å². The molecule has 156 valence electrons. The quantitative estimate of drug-likeness (QED) is 0.226. The van der Waals surface area contributed by atoms with Crippen LogP contribution in [0.5, 0.6) is 0 Å². The van der Waals surface area contributed by atoms with E-state index in [1.807, 2.05) is 66.7 Å². The molecule has 0 saturated carbocycles. The molecule has 2 aromatic heterocycles. The molecule has 0 saturated heterocycles. The normalized spacial score (nSPS) is 10.9. The maximum Gasteiger partial charge on any atom is 0.263 e. The van der Waals surface area contributed by atoms with Gasteiger partial charge in [-0.2, -0.15) is 0 Å². The molecule has 7 heteroatoms. The van der Waals surface area contributed by atoms with E-state index in [2.05, 4.69) is 6.58 Å². The lowest BCUT2D eigenvalue weighted by atomic mass is 10.2. The van der Waals surface area contributed by atoms with Crippen molar-refractivity contribution in [3.8, 4) is 10.4 Å². The highest BCUT2D eigenvalue weighted by atomic mass is 32.2. The molecule has 0 spiro atoms. The highest BCUT2D eigenvalue weighted by molar-refractivity contribution is 7.99. The lowest BCUT2D eigenvalue weighted by Gasteiger charge is -2.17. The van der Waals surface area contributed by atoms with Gasteiger partial charge in [0.05, 0.1) is 11.1 Å². The average molecular weight is 448 g/mol. The molecule has 5 nitrogen and oxygen atoms in total. The van der Waals surface area contributed by atoms with E-state index in [4.69, 9.17) is 4.98 Å². The number of hydrogen-bond donors (Lipinski definition) is 0. The molecule has 0 atom stereocenters. The molecule has 31 heavy (non-hydrogen) atoms. The molecule has 0 bridgehead atoms. The number of nitrogens with zero attached hydrogens (tertiary/aromatic N) is 3. The number of aromatic nitrogens is 2. The number of fused-ring (bicyclic) bond motifs is 1. The number of anilines is 1. The van der Waals surface area contributed by atoms with Gasteiger partial charge in [0, 0.05) is 24.2 Å². The van der Waals surface area contributed by atoms with Gasteiger partial charge in [-0.05, 0) is 23.8 Å². The van der Waals surface area contributed by atoms with Crippen LogP contribution in [-0.4, -0.2) is 28.3 Å². The van der Waals surface area contributed by atoms with Gasteiger partial charge < -0.3 is 4.90 Å². The van der Waals surface area contributed by atoms with Gasteiger partial charge in [0.25, 0.3) is 5.56 Å². The second-order valence-corrected chi connectivity index (χ2v) is 8.84. The lowest BCUT2D eigenvalue weighted by Crippen LogP contribution is -2.28. The predicted octanol–water partition coefficient (Wildman–Crippen LogP) is 5.07. The first-order chi connectivity index (χ1) is 15.1. The van der Waals surface area contributed by atoms with Gasteiger partial charge in [0.15, 0.2) is 5.16 Å². The van der Waals surface area contributed by atoms with Crippen molar-refractivity contribution in [2.24, 2.45) is 0 Å². The maximum absolute atomic E-state index is 13.2. The zero-order valence-corrected chi connectivity index (χ0v) is 18.7. The van der Waals surface area contributed by atoms with Gasteiger partial charge >= 0.3 is 0 Å². The van der Waals surface area contributed by atoms with Crippen molar-refractivity contribution in [1.29, 1.82) is 0 Å². The minimum absolute atomic E-state index is 0.0631. The Hall–Kier alpha value is -3.16. The summed E-state index contributed by atoms with van der Waals surface area (Å²) < 4.78 is 1.58. The van der Waals surface area contributed by atoms with Crippen molar-refractivity contribution >= 4 is 44.9 Å². The van der Waals surface area contributed by atoms with Gasteiger partial charge in [0.1, 0.15) is 4.83 Å². The van der Waals surface area contributed by atoms with Crippen LogP contribution in [0, 0.1) is 0 Å². The molecule has 2 aromatic carbocycles. The van der Waals surface area contributed by atoms with Crippen LogP contribution in [-0.2, 0) is 11.3 Å². The first-order valence-corrected chi connectivity index (χ1v) is 11.5. The Morgan fingerprint density at radius 2 is 1.84 bits per heavy atom. The van der Waals surface area contributed by atoms with Crippen LogP contribution in [0.3, 0.4) is 0 Å². The second kappa shape index (κ2) is 9.32. The maximum atomic E-state index is 13.2. The zero-order chi connectivity index (χ0) is 21.8. The van der Waals surface area contributed by atoms with Crippen LogP contribution in [0.15, 0.2) is 89.3 Å². The third-order valence-corrected chi connectivity index (χ3v) is 6.87. The minimum Gasteiger partial charge on any atom is -0.315 e. The summed E-state index contributed by atoms with van der Waals surface area (Å²) in [5, 5.41) is 1.11. The number of carbonyl (C=O) groups excluding carboxylic acids is 1. The van der Waals surface area contributed by atoms with E-state index >= 15 is 0 Å². The van der Waals surface area contributed by atoms with Gasteiger partial charge in [-0.3, -0.25) is 14.2 Å². The summed E-state index contributed by atoms with van der Waals surface area (Å²) in [4.78, 5) is 33.9. The van der Waals surface area contributed by atoms with Crippen LogP contribution in [0.1, 0.15) is 0 Å². The summed E-state index contributed by atoms with van der Waals surface area (Å²) >= 11 is 2.76. The zero-order valence-electron chi connectivity index (χ0n) is 17.0. The number of rotatable bonds is 7. The fourth-order valence-electron chi connectivity index (χ4n) is 3.16. The summed E-state index contributed by atoms with van der Waals surface area (Å²) in [6.07, 6.45) is 1.67. The number of allylic oxidation sites excluding steroid dienone is 1. The van der Waals surface area contributed by atoms with Gasteiger partial charge in [-0.1, -0.05) is 66.4 Å². The van der Waals surface area contributed by atoms with Crippen LogP contribution >= 0.6 is 23.1 Å². The number of hydrogen-bond acceptors (Lipinski definition) is 5. The third kappa shape index (κ3) is 4.47. The Balaban J connectivity index is 1.65. The topological polar surface area (TPSA) is 55.2 Å². The highest BCUT2D eigenvalue weighted by Gasteiger charge is 2.17. The minimum atomic E-state index is -0.116. The Kier molecular flexibility index (Phi) is 6.34. The number of amides is 1. The van der Waals surface area contributed by atoms with Gasteiger partial charge in [-0.15, -0.1) is 17.9 Å². The molecular weight excluding hydrogens is 426 g/mol. The Morgan fingerprint density at radius 3 is 2.52 bits per heavy atom. The highest BCUT2D eigenvalue weighted by Crippen LogP contribution is 2.32. The van der Waals surface area contributed by atoms with E-state index in [0.29, 0.717) is 21.9 Å². The molecule has 2 heterocycles. The van der Waals surface area contributed by atoms with Crippen LogP contribution in [0.25, 0.3) is 20.7 Å². The fourth-order valence-corrected chi connectivity index (χ4v) is 5.16. The molecule has 4 aromatic rings. The first kappa shape index (κ1) is 21.1. The molecule has 0 N–H and O–H groups in total. The van der Waals surface area contributed by atoms with Gasteiger partial charge in [-0.25, -0.2) is 4.98 Å². The van der Waals surface area contributed by atoms with E-state index in [0.717, 1.165) is 16.1 Å². The second-order valence-electron chi connectivity index (χ2n) is 6.87. The summed E-state index contributed by atoms with van der Waals surface area (Å²) in [7, 11) is 1.75. The molecule has 0 unspecified atom stereocenters. The predicted molar refractivity (Wildman–Crippen MR) is 130 cm³/mol. The first-order valence-electron chi connectivity index (χ1n) is 9.73. The van der Waals surface area contributed by atoms with Crippen LogP contribution in [0.2, 0.25) is 0 Å². The lowest BCUT2D eigenvalue weighted by molar-refractivity contribution is -0.115. The standard InChI is InChI=1S/C24H21N3O2S2/c1-3-14-27-23(29)19-15-20(17-10-6-4-7-11-17)31-22(19)25-24(27)30-16-21(28)26(2)18-12-8-5-9-13-18/h3-13,15H,1,14,16H2,2H3. The van der Waals surface area contributed by atoms with Crippen molar-refractivity contribution in [2.75, 3.05) is 17.7 Å². The molecule has 1 amide bonds. The van der Waals surface area contributed by atoms with Crippen LogP contribution in [0.4, 0.5) is 5.69 Å². The van der Waals surface area contributed by atoms with Crippen molar-refractivity contribution < 1.29 is 4.79 Å². The Bertz CT molecular complexity index is 1280. The van der Waals surface area contributed by atoms with E-state index in [9.17, 15) is 9.59 Å². The Morgan fingerprint density at radius 1 is 1.16 bits per heavy atom. The van der Waals surface area contributed by atoms with E-state index in [-0.39, 0.29) is 17.2 Å². The third-order valence-electron chi connectivity index (χ3n) is 4.83. The summed E-state index contributed by atoms with van der Waals surface area (Å²) in [6.45, 7) is 4.10. The van der Waals surface area contributed by atoms with Crippen molar-refractivity contribution in [3.63, 3.8) is 0 Å². The molecular formula is C24H21N3O2S2. The number of para-hydroxylation sites is 1. The number of carbonyl (C=O) groups is 1. The summed E-state index contributed by atoms with van der Waals surface area (Å²) in [5.74, 6) is 0.115. The molecule has 4 rings (SSSR count). The average Bonchev–Trinajstić information content (AvgIpc) is 3.25. The number of benzene rings is 2. The van der Waals surface area contributed by atoms with Crippen LogP contribution < -0.4 is 10.5 Å². The van der Waals surface area contributed by atoms with E-state index in [1.165, 1.54) is 23.1 Å². The number of thioether (sulfide) groups is 1. The number of thiophene rings is 1. The Labute approximate surface area is 188 Å².